The normalized spacial score (nSPS) is 16.2. The highest BCUT2D eigenvalue weighted by atomic mass is 16.5. The molecule has 0 bridgehead atoms. The average Bonchev–Trinajstić information content (AvgIpc) is 2.54. The largest absolute Gasteiger partial charge is 0.465 e. The van der Waals surface area contributed by atoms with Gasteiger partial charge in [-0.25, -0.2) is 4.79 Å². The van der Waals surface area contributed by atoms with Crippen LogP contribution in [0.3, 0.4) is 0 Å². The number of esters is 1. The molecule has 0 radical (unpaired) electrons. The molecule has 0 amide bonds. The van der Waals surface area contributed by atoms with Gasteiger partial charge in [0.15, 0.2) is 0 Å². The highest BCUT2D eigenvalue weighted by Crippen LogP contribution is 2.30. The summed E-state index contributed by atoms with van der Waals surface area (Å²) in [5, 5.41) is 5.46. The molecule has 1 aliphatic rings. The van der Waals surface area contributed by atoms with E-state index in [1.165, 1.54) is 12.7 Å². The molecule has 0 atom stereocenters. The first-order valence-corrected chi connectivity index (χ1v) is 7.11. The fourth-order valence-electron chi connectivity index (χ4n) is 3.00. The van der Waals surface area contributed by atoms with Crippen LogP contribution in [0.2, 0.25) is 0 Å². The molecule has 3 rings (SSSR count). The number of carbonyl (C=O) groups is 1. The van der Waals surface area contributed by atoms with Crippen LogP contribution in [0.15, 0.2) is 36.4 Å². The van der Waals surface area contributed by atoms with Crippen LogP contribution in [0.1, 0.15) is 34.7 Å². The number of hydrogen-bond donors (Lipinski definition) is 1. The molecule has 1 heterocycles. The van der Waals surface area contributed by atoms with Gasteiger partial charge in [-0.3, -0.25) is 0 Å². The second-order valence-corrected chi connectivity index (χ2v) is 5.31. The maximum Gasteiger partial charge on any atom is 0.338 e. The molecule has 0 saturated carbocycles. The van der Waals surface area contributed by atoms with Crippen molar-refractivity contribution in [1.29, 1.82) is 0 Å². The molecule has 20 heavy (non-hydrogen) atoms. The Hall–Kier alpha value is -1.87. The first-order chi connectivity index (χ1) is 9.79. The third-order valence-electron chi connectivity index (χ3n) is 4.10. The molecule has 104 valence electrons. The van der Waals surface area contributed by atoms with Crippen LogP contribution in [-0.4, -0.2) is 26.2 Å². The molecule has 2 aromatic carbocycles. The van der Waals surface area contributed by atoms with Gasteiger partial charge in [-0.1, -0.05) is 30.3 Å². The van der Waals surface area contributed by atoms with Gasteiger partial charge in [0.05, 0.1) is 12.7 Å². The van der Waals surface area contributed by atoms with Crippen molar-refractivity contribution in [3.8, 4) is 0 Å². The fourth-order valence-corrected chi connectivity index (χ4v) is 3.00. The van der Waals surface area contributed by atoms with Crippen LogP contribution in [0.25, 0.3) is 10.8 Å². The Kier molecular flexibility index (Phi) is 3.70. The van der Waals surface area contributed by atoms with E-state index >= 15 is 0 Å². The first-order valence-electron chi connectivity index (χ1n) is 7.11. The fraction of sp³-hybridized carbons (Fsp3) is 0.353. The molecule has 0 aromatic heterocycles. The van der Waals surface area contributed by atoms with Crippen LogP contribution in [0.5, 0.6) is 0 Å². The van der Waals surface area contributed by atoms with Crippen molar-refractivity contribution in [3.05, 3.63) is 47.5 Å². The number of carbonyl (C=O) groups excluding carboxylic acids is 1. The Bertz CT molecular complexity index is 630. The number of fused-ring (bicyclic) bond motifs is 1. The second-order valence-electron chi connectivity index (χ2n) is 5.31. The van der Waals surface area contributed by atoms with Crippen molar-refractivity contribution in [3.63, 3.8) is 0 Å². The van der Waals surface area contributed by atoms with Crippen molar-refractivity contribution in [2.24, 2.45) is 0 Å². The highest BCUT2D eigenvalue weighted by Gasteiger charge is 2.19. The summed E-state index contributed by atoms with van der Waals surface area (Å²) in [7, 11) is 1.44. The minimum Gasteiger partial charge on any atom is -0.465 e. The number of methoxy groups -OCH3 is 1. The zero-order valence-electron chi connectivity index (χ0n) is 11.7. The van der Waals surface area contributed by atoms with Gasteiger partial charge in [0.25, 0.3) is 0 Å². The predicted octanol–water partition coefficient (Wildman–Crippen LogP) is 3.09. The second kappa shape index (κ2) is 5.63. The maximum absolute atomic E-state index is 12.0. The summed E-state index contributed by atoms with van der Waals surface area (Å²) >= 11 is 0. The lowest BCUT2D eigenvalue weighted by Gasteiger charge is -2.24. The number of nitrogens with one attached hydrogen (secondary N) is 1. The molecular weight excluding hydrogens is 250 g/mol. The summed E-state index contributed by atoms with van der Waals surface area (Å²) in [4.78, 5) is 12.0. The SMILES string of the molecule is COC(=O)c1cc(C2CCNCC2)cc2ccccc12. The average molecular weight is 269 g/mol. The van der Waals surface area contributed by atoms with E-state index in [0.717, 1.165) is 36.7 Å². The van der Waals surface area contributed by atoms with Gasteiger partial charge in [0.2, 0.25) is 0 Å². The van der Waals surface area contributed by atoms with E-state index in [9.17, 15) is 4.79 Å². The molecule has 1 fully saturated rings. The molecular formula is C17H19NO2. The third kappa shape index (κ3) is 2.41. The number of rotatable bonds is 2. The zero-order chi connectivity index (χ0) is 13.9. The Morgan fingerprint density at radius 2 is 1.95 bits per heavy atom. The van der Waals surface area contributed by atoms with E-state index in [1.54, 1.807) is 0 Å². The lowest BCUT2D eigenvalue weighted by atomic mass is 9.87. The van der Waals surface area contributed by atoms with Gasteiger partial charge in [0.1, 0.15) is 0 Å². The maximum atomic E-state index is 12.0. The van der Waals surface area contributed by atoms with E-state index < -0.39 is 0 Å². The standard InChI is InChI=1S/C17H19NO2/c1-20-17(19)16-11-14(12-6-8-18-9-7-12)10-13-4-2-3-5-15(13)16/h2-5,10-12,18H,6-9H2,1H3. The molecule has 0 aliphatic carbocycles. The molecule has 1 N–H and O–H groups in total. The molecule has 0 spiro atoms. The summed E-state index contributed by atoms with van der Waals surface area (Å²) in [6, 6.07) is 12.2. The molecule has 3 nitrogen and oxygen atoms in total. The van der Waals surface area contributed by atoms with Gasteiger partial charge in [-0.15, -0.1) is 0 Å². The van der Waals surface area contributed by atoms with Crippen LogP contribution < -0.4 is 5.32 Å². The van der Waals surface area contributed by atoms with Crippen LogP contribution in [0.4, 0.5) is 0 Å². The van der Waals surface area contributed by atoms with Crippen LogP contribution in [0, 0.1) is 0 Å². The summed E-state index contributed by atoms with van der Waals surface area (Å²) < 4.78 is 4.94. The summed E-state index contributed by atoms with van der Waals surface area (Å²) in [6.07, 6.45) is 2.25. The highest BCUT2D eigenvalue weighted by molar-refractivity contribution is 6.04. The summed E-state index contributed by atoms with van der Waals surface area (Å²) in [5.41, 5.74) is 1.93. The van der Waals surface area contributed by atoms with Gasteiger partial charge >= 0.3 is 5.97 Å². The first kappa shape index (κ1) is 13.1. The smallest absolute Gasteiger partial charge is 0.338 e. The van der Waals surface area contributed by atoms with E-state index in [4.69, 9.17) is 4.74 Å². The zero-order valence-corrected chi connectivity index (χ0v) is 11.7. The topological polar surface area (TPSA) is 38.3 Å². The lowest BCUT2D eigenvalue weighted by molar-refractivity contribution is 0.0603. The molecule has 2 aromatic rings. The Balaban J connectivity index is 2.11. The number of piperidine rings is 1. The van der Waals surface area contributed by atoms with Gasteiger partial charge in [0, 0.05) is 0 Å². The lowest BCUT2D eigenvalue weighted by Crippen LogP contribution is -2.26. The van der Waals surface area contributed by atoms with Crippen LogP contribution in [-0.2, 0) is 4.74 Å². The Labute approximate surface area is 118 Å². The van der Waals surface area contributed by atoms with Crippen LogP contribution >= 0.6 is 0 Å². The van der Waals surface area contributed by atoms with E-state index in [0.29, 0.717) is 11.5 Å². The van der Waals surface area contributed by atoms with E-state index in [-0.39, 0.29) is 5.97 Å². The summed E-state index contributed by atoms with van der Waals surface area (Å²) in [6.45, 7) is 2.09. The van der Waals surface area contributed by atoms with E-state index in [2.05, 4.69) is 17.4 Å². The van der Waals surface area contributed by atoms with Crippen molar-refractivity contribution in [1.82, 2.24) is 5.32 Å². The van der Waals surface area contributed by atoms with Gasteiger partial charge < -0.3 is 10.1 Å². The number of benzene rings is 2. The molecule has 0 unspecified atom stereocenters. The predicted molar refractivity (Wildman–Crippen MR) is 80.1 cm³/mol. The minimum atomic E-state index is -0.253. The minimum absolute atomic E-state index is 0.253. The number of hydrogen-bond acceptors (Lipinski definition) is 3. The van der Waals surface area contributed by atoms with Crippen molar-refractivity contribution < 1.29 is 9.53 Å². The van der Waals surface area contributed by atoms with Crippen molar-refractivity contribution >= 4 is 16.7 Å². The Morgan fingerprint density at radius 1 is 1.20 bits per heavy atom. The van der Waals surface area contributed by atoms with Gasteiger partial charge in [-0.2, -0.15) is 0 Å². The van der Waals surface area contributed by atoms with Gasteiger partial charge in [-0.05, 0) is 54.3 Å². The van der Waals surface area contributed by atoms with Crippen molar-refractivity contribution in [2.45, 2.75) is 18.8 Å². The molecule has 1 aliphatic heterocycles. The monoisotopic (exact) mass is 269 g/mol. The molecule has 3 heteroatoms. The quantitative estimate of drug-likeness (QED) is 0.851. The molecule has 1 saturated heterocycles. The third-order valence-corrected chi connectivity index (χ3v) is 4.10. The summed E-state index contributed by atoms with van der Waals surface area (Å²) in [5.74, 6) is 0.279. The number of ether oxygens (including phenoxy) is 1. The van der Waals surface area contributed by atoms with Crippen molar-refractivity contribution in [2.75, 3.05) is 20.2 Å². The van der Waals surface area contributed by atoms with E-state index in [1.807, 2.05) is 24.3 Å². The Morgan fingerprint density at radius 3 is 2.70 bits per heavy atom.